The van der Waals surface area contributed by atoms with Gasteiger partial charge in [0.25, 0.3) is 0 Å². The van der Waals surface area contributed by atoms with Crippen LogP contribution in [0.1, 0.15) is 32.6 Å². The number of quaternary nitrogens is 1. The largest absolute Gasteiger partial charge is 0.330 e. The summed E-state index contributed by atoms with van der Waals surface area (Å²) < 4.78 is 25.4. The number of rotatable bonds is 3. The van der Waals surface area contributed by atoms with Crippen molar-refractivity contribution >= 4 is 10.0 Å². The predicted octanol–water partition coefficient (Wildman–Crippen LogP) is -0.275. The van der Waals surface area contributed by atoms with Crippen LogP contribution in [0.5, 0.6) is 0 Å². The quantitative estimate of drug-likeness (QED) is 0.769. The number of piperazine rings is 1. The van der Waals surface area contributed by atoms with Crippen LogP contribution in [0.15, 0.2) is 0 Å². The molecule has 5 heteroatoms. The number of sulfonamides is 1. The van der Waals surface area contributed by atoms with Gasteiger partial charge in [0.05, 0.1) is 38.0 Å². The zero-order valence-electron chi connectivity index (χ0n) is 11.3. The number of hydrogen-bond donors (Lipinski definition) is 1. The third kappa shape index (κ3) is 2.21. The summed E-state index contributed by atoms with van der Waals surface area (Å²) in [6.07, 6.45) is 5.73. The second kappa shape index (κ2) is 4.76. The van der Waals surface area contributed by atoms with Crippen LogP contribution in [0.3, 0.4) is 0 Å². The highest BCUT2D eigenvalue weighted by atomic mass is 32.2. The Labute approximate surface area is 110 Å². The Morgan fingerprint density at radius 3 is 2.39 bits per heavy atom. The average molecular weight is 273 g/mol. The van der Waals surface area contributed by atoms with Gasteiger partial charge in [0.2, 0.25) is 10.0 Å². The third-order valence-electron chi connectivity index (χ3n) is 5.39. The maximum atomic E-state index is 11.8. The Bertz CT molecular complexity index is 401. The summed E-state index contributed by atoms with van der Waals surface area (Å²) in [6.45, 7) is 5.25. The van der Waals surface area contributed by atoms with Gasteiger partial charge in [-0.05, 0) is 32.1 Å². The molecular weight excluding hydrogens is 248 g/mol. The van der Waals surface area contributed by atoms with E-state index in [-0.39, 0.29) is 5.75 Å². The first-order chi connectivity index (χ1) is 8.60. The monoisotopic (exact) mass is 273 g/mol. The molecule has 2 aliphatic carbocycles. The van der Waals surface area contributed by atoms with Gasteiger partial charge in [-0.1, -0.05) is 0 Å². The molecule has 18 heavy (non-hydrogen) atoms. The molecular formula is C13H25N2O2S+. The molecule has 1 heterocycles. The first kappa shape index (κ1) is 12.9. The molecule has 0 aromatic carbocycles. The summed E-state index contributed by atoms with van der Waals surface area (Å²) in [5.74, 6) is 2.18. The van der Waals surface area contributed by atoms with Gasteiger partial charge in [0.15, 0.2) is 0 Å². The Kier molecular flexibility index (Phi) is 3.41. The van der Waals surface area contributed by atoms with Crippen molar-refractivity contribution in [2.75, 3.05) is 31.9 Å². The predicted molar refractivity (Wildman–Crippen MR) is 71.0 cm³/mol. The fraction of sp³-hybridized carbons (Fsp3) is 1.00. The summed E-state index contributed by atoms with van der Waals surface area (Å²) in [7, 11) is -2.96. The molecule has 1 saturated heterocycles. The minimum absolute atomic E-state index is 0.246. The van der Waals surface area contributed by atoms with Crippen LogP contribution in [0, 0.1) is 11.8 Å². The molecule has 0 amide bonds. The van der Waals surface area contributed by atoms with E-state index in [1.165, 1.54) is 25.7 Å². The fourth-order valence-electron chi connectivity index (χ4n) is 4.35. The first-order valence-electron chi connectivity index (χ1n) is 7.42. The van der Waals surface area contributed by atoms with Gasteiger partial charge in [-0.2, -0.15) is 4.31 Å². The van der Waals surface area contributed by atoms with Crippen LogP contribution in [0.2, 0.25) is 0 Å². The molecule has 2 saturated carbocycles. The molecule has 3 atom stereocenters. The zero-order chi connectivity index (χ0) is 12.8. The molecule has 0 aromatic heterocycles. The van der Waals surface area contributed by atoms with Gasteiger partial charge in [0, 0.05) is 12.3 Å². The molecule has 3 fully saturated rings. The van der Waals surface area contributed by atoms with Gasteiger partial charge in [-0.25, -0.2) is 8.42 Å². The van der Waals surface area contributed by atoms with Crippen molar-refractivity contribution in [3.05, 3.63) is 0 Å². The van der Waals surface area contributed by atoms with E-state index in [1.807, 2.05) is 0 Å². The van der Waals surface area contributed by atoms with E-state index in [9.17, 15) is 8.42 Å². The first-order valence-corrected chi connectivity index (χ1v) is 9.03. The number of nitrogens with one attached hydrogen (secondary N) is 1. The van der Waals surface area contributed by atoms with Gasteiger partial charge in [-0.15, -0.1) is 0 Å². The molecule has 0 spiro atoms. The summed E-state index contributed by atoms with van der Waals surface area (Å²) in [6, 6.07) is 0.843. The molecule has 2 bridgehead atoms. The molecule has 1 N–H and O–H groups in total. The van der Waals surface area contributed by atoms with Gasteiger partial charge in [-0.3, -0.25) is 0 Å². The average Bonchev–Trinajstić information content (AvgIpc) is 3.01. The van der Waals surface area contributed by atoms with Crippen LogP contribution in [0.4, 0.5) is 0 Å². The van der Waals surface area contributed by atoms with Crippen molar-refractivity contribution in [3.8, 4) is 0 Å². The maximum Gasteiger partial charge on any atom is 0.214 e. The van der Waals surface area contributed by atoms with Gasteiger partial charge >= 0.3 is 0 Å². The molecule has 3 rings (SSSR count). The fourth-order valence-corrected chi connectivity index (χ4v) is 5.45. The lowest BCUT2D eigenvalue weighted by molar-refractivity contribution is -0.932. The lowest BCUT2D eigenvalue weighted by Crippen LogP contribution is -3.18. The van der Waals surface area contributed by atoms with Crippen LogP contribution in [-0.2, 0) is 10.0 Å². The highest BCUT2D eigenvalue weighted by Gasteiger charge is 2.46. The van der Waals surface area contributed by atoms with E-state index in [4.69, 9.17) is 0 Å². The van der Waals surface area contributed by atoms with Crippen LogP contribution >= 0.6 is 0 Å². The summed E-state index contributed by atoms with van der Waals surface area (Å²) in [4.78, 5) is 1.68. The molecule has 0 aromatic rings. The van der Waals surface area contributed by atoms with Crippen molar-refractivity contribution in [1.29, 1.82) is 0 Å². The Hall–Kier alpha value is -0.130. The lowest BCUT2D eigenvalue weighted by atomic mass is 9.93. The van der Waals surface area contributed by atoms with Crippen molar-refractivity contribution in [3.63, 3.8) is 0 Å². The van der Waals surface area contributed by atoms with Gasteiger partial charge in [0.1, 0.15) is 0 Å². The number of hydrogen-bond acceptors (Lipinski definition) is 2. The summed E-state index contributed by atoms with van der Waals surface area (Å²) in [5, 5.41) is 0. The minimum atomic E-state index is -2.96. The third-order valence-corrected chi connectivity index (χ3v) is 7.27. The van der Waals surface area contributed by atoms with Crippen LogP contribution in [-0.4, -0.2) is 50.7 Å². The van der Waals surface area contributed by atoms with E-state index < -0.39 is 10.0 Å². The van der Waals surface area contributed by atoms with Crippen molar-refractivity contribution < 1.29 is 13.3 Å². The standard InChI is InChI=1S/C13H24N2O2S/c1-2-18(16,17)15-7-5-14(6-8-15)13-10-11-3-4-12(13)9-11/h11-13H,2-10H2,1H3/p+1/t11-,12-,13-/m0/s1. The van der Waals surface area contributed by atoms with Crippen molar-refractivity contribution in [2.45, 2.75) is 38.6 Å². The zero-order valence-corrected chi connectivity index (χ0v) is 12.1. The SMILES string of the molecule is CCS(=O)(=O)N1CC[NH+]([C@H]2C[C@H]3CC[C@H]2C3)CC1. The molecule has 0 unspecified atom stereocenters. The summed E-state index contributed by atoms with van der Waals surface area (Å²) in [5.41, 5.74) is 0. The second-order valence-electron chi connectivity index (χ2n) is 6.24. The summed E-state index contributed by atoms with van der Waals surface area (Å²) >= 11 is 0. The molecule has 104 valence electrons. The Morgan fingerprint density at radius 2 is 1.89 bits per heavy atom. The molecule has 4 nitrogen and oxygen atoms in total. The molecule has 3 aliphatic rings. The van der Waals surface area contributed by atoms with E-state index in [0.29, 0.717) is 0 Å². The van der Waals surface area contributed by atoms with Crippen LogP contribution < -0.4 is 4.90 Å². The molecule has 1 aliphatic heterocycles. The van der Waals surface area contributed by atoms with Crippen LogP contribution in [0.25, 0.3) is 0 Å². The van der Waals surface area contributed by atoms with E-state index in [1.54, 1.807) is 16.1 Å². The number of fused-ring (bicyclic) bond motifs is 2. The minimum Gasteiger partial charge on any atom is -0.330 e. The van der Waals surface area contributed by atoms with Crippen molar-refractivity contribution in [1.82, 2.24) is 4.31 Å². The van der Waals surface area contributed by atoms with E-state index in [0.717, 1.165) is 44.1 Å². The van der Waals surface area contributed by atoms with Gasteiger partial charge < -0.3 is 4.90 Å². The van der Waals surface area contributed by atoms with E-state index >= 15 is 0 Å². The highest BCUT2D eigenvalue weighted by Crippen LogP contribution is 2.43. The maximum absolute atomic E-state index is 11.8. The highest BCUT2D eigenvalue weighted by molar-refractivity contribution is 7.89. The topological polar surface area (TPSA) is 41.8 Å². The van der Waals surface area contributed by atoms with Crippen molar-refractivity contribution in [2.24, 2.45) is 11.8 Å². The molecule has 0 radical (unpaired) electrons. The number of nitrogens with zero attached hydrogens (tertiary/aromatic N) is 1. The van der Waals surface area contributed by atoms with E-state index in [2.05, 4.69) is 0 Å². The smallest absolute Gasteiger partial charge is 0.214 e. The second-order valence-corrected chi connectivity index (χ2v) is 8.50. The lowest BCUT2D eigenvalue weighted by Gasteiger charge is -2.37. The Morgan fingerprint density at radius 1 is 1.17 bits per heavy atom. The Balaban J connectivity index is 1.58. The normalized spacial score (nSPS) is 38.4.